The Morgan fingerprint density at radius 2 is 1.85 bits per heavy atom. The Bertz CT molecular complexity index is 734. The number of rotatable bonds is 5. The number of pyridine rings is 1. The molecule has 0 aliphatic carbocycles. The molecule has 1 aromatic carbocycles. The van der Waals surface area contributed by atoms with Crippen molar-refractivity contribution in [3.05, 3.63) is 60.3 Å². The van der Waals surface area contributed by atoms with Gasteiger partial charge in [-0.15, -0.1) is 0 Å². The number of likely N-dealkylation sites (tertiary alicyclic amines) is 1. The first-order valence-corrected chi connectivity index (χ1v) is 9.76. The standard InChI is InChI=1S/C22H27N3O/c26-21-22(13-17-25(18-22)20-11-4-5-14-23-20)12-7-16-24(21)15-6-10-19-8-2-1-3-9-19/h1-5,8-9,11,14H,6-7,10,12-13,15-18H2. The average Bonchev–Trinajstić information content (AvgIpc) is 3.12. The first kappa shape index (κ1) is 17.1. The van der Waals surface area contributed by atoms with Gasteiger partial charge in [0.2, 0.25) is 5.91 Å². The summed E-state index contributed by atoms with van der Waals surface area (Å²) in [5, 5.41) is 0. The van der Waals surface area contributed by atoms with Crippen molar-refractivity contribution in [2.75, 3.05) is 31.1 Å². The Labute approximate surface area is 155 Å². The van der Waals surface area contributed by atoms with Gasteiger partial charge in [0.25, 0.3) is 0 Å². The van der Waals surface area contributed by atoms with E-state index in [1.165, 1.54) is 5.56 Å². The maximum absolute atomic E-state index is 13.2. The SMILES string of the molecule is O=C1N(CCCc2ccccc2)CCCC12CCN(c1ccccn1)C2. The number of aryl methyl sites for hydroxylation is 1. The maximum Gasteiger partial charge on any atom is 0.230 e. The fourth-order valence-electron chi connectivity index (χ4n) is 4.47. The molecule has 136 valence electrons. The third kappa shape index (κ3) is 3.46. The molecule has 4 rings (SSSR count). The van der Waals surface area contributed by atoms with Crippen LogP contribution >= 0.6 is 0 Å². The number of amides is 1. The third-order valence-electron chi connectivity index (χ3n) is 5.89. The zero-order chi connectivity index (χ0) is 17.8. The molecule has 2 aromatic rings. The van der Waals surface area contributed by atoms with Gasteiger partial charge in [-0.1, -0.05) is 36.4 Å². The monoisotopic (exact) mass is 349 g/mol. The predicted octanol–water partition coefficient (Wildman–Crippen LogP) is 3.53. The van der Waals surface area contributed by atoms with E-state index in [0.717, 1.165) is 64.1 Å². The number of carbonyl (C=O) groups excluding carboxylic acids is 1. The minimum Gasteiger partial charge on any atom is -0.356 e. The molecular formula is C22H27N3O. The van der Waals surface area contributed by atoms with Crippen LogP contribution in [0.4, 0.5) is 5.82 Å². The topological polar surface area (TPSA) is 36.4 Å². The summed E-state index contributed by atoms with van der Waals surface area (Å²) in [5.41, 5.74) is 1.16. The Hall–Kier alpha value is -2.36. The summed E-state index contributed by atoms with van der Waals surface area (Å²) >= 11 is 0. The zero-order valence-corrected chi connectivity index (χ0v) is 15.3. The minimum atomic E-state index is -0.192. The second-order valence-electron chi connectivity index (χ2n) is 7.62. The number of aromatic nitrogens is 1. The van der Waals surface area contributed by atoms with E-state index in [4.69, 9.17) is 0 Å². The van der Waals surface area contributed by atoms with Crippen LogP contribution in [0.25, 0.3) is 0 Å². The molecule has 2 saturated heterocycles. The van der Waals surface area contributed by atoms with Gasteiger partial charge < -0.3 is 9.80 Å². The van der Waals surface area contributed by atoms with Crippen molar-refractivity contribution in [2.45, 2.75) is 32.1 Å². The molecule has 1 amide bonds. The van der Waals surface area contributed by atoms with Crippen molar-refractivity contribution < 1.29 is 4.79 Å². The molecule has 2 aliphatic heterocycles. The van der Waals surface area contributed by atoms with Gasteiger partial charge in [-0.05, 0) is 49.8 Å². The summed E-state index contributed by atoms with van der Waals surface area (Å²) in [7, 11) is 0. The average molecular weight is 349 g/mol. The van der Waals surface area contributed by atoms with Gasteiger partial charge in [0.05, 0.1) is 5.41 Å². The highest BCUT2D eigenvalue weighted by Gasteiger charge is 2.48. The number of hydrogen-bond donors (Lipinski definition) is 0. The number of hydrogen-bond acceptors (Lipinski definition) is 3. The highest BCUT2D eigenvalue weighted by molar-refractivity contribution is 5.85. The van der Waals surface area contributed by atoms with Gasteiger partial charge in [-0.2, -0.15) is 0 Å². The molecule has 2 aliphatic rings. The van der Waals surface area contributed by atoms with E-state index in [1.807, 2.05) is 24.4 Å². The van der Waals surface area contributed by atoms with Gasteiger partial charge in [-0.3, -0.25) is 4.79 Å². The lowest BCUT2D eigenvalue weighted by molar-refractivity contribution is -0.145. The van der Waals surface area contributed by atoms with Crippen molar-refractivity contribution >= 4 is 11.7 Å². The van der Waals surface area contributed by atoms with Crippen LogP contribution in [-0.2, 0) is 11.2 Å². The normalized spacial score (nSPS) is 23.0. The molecule has 0 saturated carbocycles. The Kier molecular flexibility index (Phi) is 4.91. The van der Waals surface area contributed by atoms with E-state index in [1.54, 1.807) is 0 Å². The second kappa shape index (κ2) is 7.48. The molecule has 1 spiro atoms. The maximum atomic E-state index is 13.2. The highest BCUT2D eigenvalue weighted by atomic mass is 16.2. The molecule has 26 heavy (non-hydrogen) atoms. The van der Waals surface area contributed by atoms with E-state index in [0.29, 0.717) is 5.91 Å². The van der Waals surface area contributed by atoms with Crippen LogP contribution in [0.1, 0.15) is 31.2 Å². The highest BCUT2D eigenvalue weighted by Crippen LogP contribution is 2.41. The van der Waals surface area contributed by atoms with E-state index in [9.17, 15) is 4.79 Å². The molecule has 3 heterocycles. The van der Waals surface area contributed by atoms with Gasteiger partial charge in [0.15, 0.2) is 0 Å². The quantitative estimate of drug-likeness (QED) is 0.828. The molecule has 0 N–H and O–H groups in total. The molecule has 1 unspecified atom stereocenters. The summed E-state index contributed by atoms with van der Waals surface area (Å²) in [6.45, 7) is 3.54. The molecular weight excluding hydrogens is 322 g/mol. The fraction of sp³-hybridized carbons (Fsp3) is 0.455. The third-order valence-corrected chi connectivity index (χ3v) is 5.89. The first-order valence-electron chi connectivity index (χ1n) is 9.76. The molecule has 4 nitrogen and oxygen atoms in total. The van der Waals surface area contributed by atoms with Gasteiger partial charge in [0, 0.05) is 32.4 Å². The molecule has 4 heteroatoms. The Morgan fingerprint density at radius 3 is 2.65 bits per heavy atom. The van der Waals surface area contributed by atoms with Crippen molar-refractivity contribution in [3.8, 4) is 0 Å². The van der Waals surface area contributed by atoms with E-state index in [-0.39, 0.29) is 5.41 Å². The van der Waals surface area contributed by atoms with Crippen LogP contribution in [0.2, 0.25) is 0 Å². The Morgan fingerprint density at radius 1 is 1.00 bits per heavy atom. The predicted molar refractivity (Wildman–Crippen MR) is 104 cm³/mol. The van der Waals surface area contributed by atoms with Crippen LogP contribution in [0.5, 0.6) is 0 Å². The first-order chi connectivity index (χ1) is 12.8. The second-order valence-corrected chi connectivity index (χ2v) is 7.62. The number of anilines is 1. The van der Waals surface area contributed by atoms with Crippen molar-refractivity contribution in [1.82, 2.24) is 9.88 Å². The fourth-order valence-corrected chi connectivity index (χ4v) is 4.47. The number of benzene rings is 1. The lowest BCUT2D eigenvalue weighted by Crippen LogP contribution is -2.50. The van der Waals surface area contributed by atoms with Crippen LogP contribution in [-0.4, -0.2) is 42.0 Å². The Balaban J connectivity index is 1.37. The number of piperidine rings is 1. The number of carbonyl (C=O) groups is 1. The summed E-state index contributed by atoms with van der Waals surface area (Å²) in [4.78, 5) is 22.1. The molecule has 1 atom stereocenters. The minimum absolute atomic E-state index is 0.192. The summed E-state index contributed by atoms with van der Waals surface area (Å²) in [6, 6.07) is 16.6. The summed E-state index contributed by atoms with van der Waals surface area (Å²) in [6.07, 6.45) is 7.00. The van der Waals surface area contributed by atoms with Crippen molar-refractivity contribution in [1.29, 1.82) is 0 Å². The lowest BCUT2D eigenvalue weighted by atomic mass is 9.78. The number of nitrogens with zero attached hydrogens (tertiary/aromatic N) is 3. The smallest absolute Gasteiger partial charge is 0.230 e. The van der Waals surface area contributed by atoms with Crippen LogP contribution < -0.4 is 4.90 Å². The summed E-state index contributed by atoms with van der Waals surface area (Å²) < 4.78 is 0. The van der Waals surface area contributed by atoms with Gasteiger partial charge in [-0.25, -0.2) is 4.98 Å². The molecule has 1 aromatic heterocycles. The van der Waals surface area contributed by atoms with Crippen LogP contribution in [0, 0.1) is 5.41 Å². The van der Waals surface area contributed by atoms with Crippen molar-refractivity contribution in [2.24, 2.45) is 5.41 Å². The zero-order valence-electron chi connectivity index (χ0n) is 15.3. The van der Waals surface area contributed by atoms with E-state index < -0.39 is 0 Å². The summed E-state index contributed by atoms with van der Waals surface area (Å²) in [5.74, 6) is 1.37. The van der Waals surface area contributed by atoms with Crippen LogP contribution in [0.15, 0.2) is 54.7 Å². The van der Waals surface area contributed by atoms with Gasteiger partial charge in [0.1, 0.15) is 5.82 Å². The van der Waals surface area contributed by atoms with Gasteiger partial charge >= 0.3 is 0 Å². The molecule has 0 bridgehead atoms. The van der Waals surface area contributed by atoms with Crippen molar-refractivity contribution in [3.63, 3.8) is 0 Å². The van der Waals surface area contributed by atoms with E-state index >= 15 is 0 Å². The van der Waals surface area contributed by atoms with Crippen LogP contribution in [0.3, 0.4) is 0 Å². The molecule has 0 radical (unpaired) electrons. The lowest BCUT2D eigenvalue weighted by Gasteiger charge is -2.39. The largest absolute Gasteiger partial charge is 0.356 e. The molecule has 2 fully saturated rings. The van der Waals surface area contributed by atoms with E-state index in [2.05, 4.69) is 45.1 Å².